The Morgan fingerprint density at radius 2 is 2.09 bits per heavy atom. The molecule has 2 rings (SSSR count). The Hall–Kier alpha value is -2.15. The van der Waals surface area contributed by atoms with Gasteiger partial charge in [-0.3, -0.25) is 14.9 Å². The van der Waals surface area contributed by atoms with Crippen LogP contribution >= 0.6 is 0 Å². The van der Waals surface area contributed by atoms with Crippen molar-refractivity contribution in [1.82, 2.24) is 10.2 Å². The van der Waals surface area contributed by atoms with Gasteiger partial charge in [0.05, 0.1) is 16.4 Å². The zero-order valence-corrected chi connectivity index (χ0v) is 12.9. The van der Waals surface area contributed by atoms with Crippen LogP contribution in [-0.2, 0) is 4.79 Å². The van der Waals surface area contributed by atoms with Crippen LogP contribution in [0.15, 0.2) is 24.3 Å². The molecule has 0 saturated carbocycles. The lowest BCUT2D eigenvalue weighted by atomic mass is 9.92. The van der Waals surface area contributed by atoms with E-state index in [4.69, 9.17) is 4.74 Å². The van der Waals surface area contributed by atoms with Crippen LogP contribution in [0, 0.1) is 15.5 Å². The summed E-state index contributed by atoms with van der Waals surface area (Å²) in [6.45, 7) is 6.82. The fourth-order valence-electron chi connectivity index (χ4n) is 2.31. The van der Waals surface area contributed by atoms with Gasteiger partial charge in [-0.15, -0.1) is 0 Å². The molecule has 7 nitrogen and oxygen atoms in total. The van der Waals surface area contributed by atoms with Crippen molar-refractivity contribution >= 4 is 11.6 Å². The van der Waals surface area contributed by atoms with E-state index in [9.17, 15) is 14.9 Å². The smallest absolute Gasteiger partial charge is 0.273 e. The van der Waals surface area contributed by atoms with E-state index in [1.165, 1.54) is 12.1 Å². The number of ether oxygens (including phenoxy) is 1. The highest BCUT2D eigenvalue weighted by atomic mass is 16.6. The Kier molecular flexibility index (Phi) is 4.97. The lowest BCUT2D eigenvalue weighted by molar-refractivity contribution is -0.384. The molecule has 1 aromatic carbocycles. The van der Waals surface area contributed by atoms with Gasteiger partial charge in [0.1, 0.15) is 12.4 Å². The molecule has 0 atom stereocenters. The van der Waals surface area contributed by atoms with Gasteiger partial charge < -0.3 is 15.0 Å². The minimum Gasteiger partial charge on any atom is -0.492 e. The van der Waals surface area contributed by atoms with Gasteiger partial charge >= 0.3 is 0 Å². The number of non-ortho nitro benzene ring substituents is 1. The van der Waals surface area contributed by atoms with Crippen LogP contribution in [0.25, 0.3) is 0 Å². The SMILES string of the molecule is CC(C)(COc1cccc([N+](=O)[O-])c1)C(=O)N1CCNCC1. The molecule has 1 fully saturated rings. The maximum atomic E-state index is 12.5. The number of nitro benzene ring substituents is 1. The number of nitrogens with zero attached hydrogens (tertiary/aromatic N) is 2. The van der Waals surface area contributed by atoms with E-state index in [0.717, 1.165) is 13.1 Å². The van der Waals surface area contributed by atoms with Gasteiger partial charge in [0.2, 0.25) is 5.91 Å². The van der Waals surface area contributed by atoms with Crippen LogP contribution in [0.5, 0.6) is 5.75 Å². The van der Waals surface area contributed by atoms with Crippen molar-refractivity contribution in [2.45, 2.75) is 13.8 Å². The first-order chi connectivity index (χ1) is 10.4. The van der Waals surface area contributed by atoms with Gasteiger partial charge in [-0.2, -0.15) is 0 Å². The number of nitrogens with one attached hydrogen (secondary N) is 1. The molecular weight excluding hydrogens is 286 g/mol. The third-order valence-electron chi connectivity index (χ3n) is 3.61. The predicted octanol–water partition coefficient (Wildman–Crippen LogP) is 1.43. The van der Waals surface area contributed by atoms with Crippen LogP contribution in [0.1, 0.15) is 13.8 Å². The predicted molar refractivity (Wildman–Crippen MR) is 81.8 cm³/mol. The number of amides is 1. The highest BCUT2D eigenvalue weighted by molar-refractivity contribution is 5.82. The number of nitro groups is 1. The van der Waals surface area contributed by atoms with Crippen molar-refractivity contribution in [3.63, 3.8) is 0 Å². The summed E-state index contributed by atoms with van der Waals surface area (Å²) in [4.78, 5) is 24.6. The number of piperazine rings is 1. The van der Waals surface area contributed by atoms with E-state index in [2.05, 4.69) is 5.32 Å². The van der Waals surface area contributed by atoms with E-state index in [-0.39, 0.29) is 18.2 Å². The number of hydrogen-bond acceptors (Lipinski definition) is 5. The maximum Gasteiger partial charge on any atom is 0.273 e. The number of hydrogen-bond donors (Lipinski definition) is 1. The molecule has 1 aliphatic heterocycles. The quantitative estimate of drug-likeness (QED) is 0.657. The number of carbonyl (C=O) groups is 1. The molecule has 22 heavy (non-hydrogen) atoms. The first-order valence-electron chi connectivity index (χ1n) is 7.27. The molecule has 1 N–H and O–H groups in total. The molecule has 1 aromatic rings. The summed E-state index contributed by atoms with van der Waals surface area (Å²) in [5, 5.41) is 14.0. The zero-order valence-electron chi connectivity index (χ0n) is 12.9. The molecule has 0 spiro atoms. The van der Waals surface area contributed by atoms with Crippen molar-refractivity contribution in [3.8, 4) is 5.75 Å². The third kappa shape index (κ3) is 3.94. The summed E-state index contributed by atoms with van der Waals surface area (Å²) >= 11 is 0. The fourth-order valence-corrected chi connectivity index (χ4v) is 2.31. The summed E-state index contributed by atoms with van der Waals surface area (Å²) in [5.74, 6) is 0.440. The van der Waals surface area contributed by atoms with Crippen LogP contribution < -0.4 is 10.1 Å². The lowest BCUT2D eigenvalue weighted by Crippen LogP contribution is -2.51. The van der Waals surface area contributed by atoms with E-state index in [1.54, 1.807) is 12.1 Å². The molecule has 0 radical (unpaired) electrons. The number of carbonyl (C=O) groups excluding carboxylic acids is 1. The Labute approximate surface area is 129 Å². The molecule has 1 amide bonds. The van der Waals surface area contributed by atoms with E-state index in [0.29, 0.717) is 18.8 Å². The second-order valence-electron chi connectivity index (χ2n) is 5.97. The van der Waals surface area contributed by atoms with E-state index >= 15 is 0 Å². The van der Waals surface area contributed by atoms with Crippen molar-refractivity contribution in [2.24, 2.45) is 5.41 Å². The first-order valence-corrected chi connectivity index (χ1v) is 7.27. The van der Waals surface area contributed by atoms with Gasteiger partial charge in [-0.1, -0.05) is 6.07 Å². The van der Waals surface area contributed by atoms with Crippen LogP contribution in [-0.4, -0.2) is 48.5 Å². The highest BCUT2D eigenvalue weighted by Gasteiger charge is 2.33. The third-order valence-corrected chi connectivity index (χ3v) is 3.61. The number of benzene rings is 1. The van der Waals surface area contributed by atoms with Crippen LogP contribution in [0.4, 0.5) is 5.69 Å². The van der Waals surface area contributed by atoms with E-state index < -0.39 is 10.3 Å². The topological polar surface area (TPSA) is 84.7 Å². The van der Waals surface area contributed by atoms with Gasteiger partial charge in [0.25, 0.3) is 5.69 Å². The average Bonchev–Trinajstić information content (AvgIpc) is 2.53. The summed E-state index contributed by atoms with van der Waals surface area (Å²) in [5.41, 5.74) is -0.703. The number of rotatable bonds is 5. The van der Waals surface area contributed by atoms with Crippen molar-refractivity contribution in [1.29, 1.82) is 0 Å². The zero-order chi connectivity index (χ0) is 16.2. The molecule has 7 heteroatoms. The fraction of sp³-hybridized carbons (Fsp3) is 0.533. The molecule has 0 bridgehead atoms. The molecule has 120 valence electrons. The maximum absolute atomic E-state index is 12.5. The van der Waals surface area contributed by atoms with Crippen molar-refractivity contribution < 1.29 is 14.5 Å². The van der Waals surface area contributed by atoms with E-state index in [1.807, 2.05) is 18.7 Å². The monoisotopic (exact) mass is 307 g/mol. The molecule has 1 aliphatic rings. The summed E-state index contributed by atoms with van der Waals surface area (Å²) < 4.78 is 5.61. The lowest BCUT2D eigenvalue weighted by Gasteiger charge is -2.34. The van der Waals surface area contributed by atoms with Crippen LogP contribution in [0.3, 0.4) is 0 Å². The van der Waals surface area contributed by atoms with Gasteiger partial charge in [0, 0.05) is 32.2 Å². The minimum absolute atomic E-state index is 0.0243. The normalized spacial score (nSPS) is 15.5. The van der Waals surface area contributed by atoms with Crippen molar-refractivity contribution in [3.05, 3.63) is 34.4 Å². The molecular formula is C15H21N3O4. The minimum atomic E-state index is -0.679. The van der Waals surface area contributed by atoms with Gasteiger partial charge in [-0.25, -0.2) is 0 Å². The molecule has 1 saturated heterocycles. The Morgan fingerprint density at radius 1 is 1.41 bits per heavy atom. The van der Waals surface area contributed by atoms with Crippen molar-refractivity contribution in [2.75, 3.05) is 32.8 Å². The molecule has 1 heterocycles. The Bertz CT molecular complexity index is 553. The first kappa shape index (κ1) is 16.2. The largest absolute Gasteiger partial charge is 0.492 e. The van der Waals surface area contributed by atoms with Gasteiger partial charge in [-0.05, 0) is 19.9 Å². The van der Waals surface area contributed by atoms with Gasteiger partial charge in [0.15, 0.2) is 0 Å². The average molecular weight is 307 g/mol. The Morgan fingerprint density at radius 3 is 2.73 bits per heavy atom. The van der Waals surface area contributed by atoms with Crippen LogP contribution in [0.2, 0.25) is 0 Å². The Balaban J connectivity index is 1.98. The highest BCUT2D eigenvalue weighted by Crippen LogP contribution is 2.24. The molecule has 0 unspecified atom stereocenters. The summed E-state index contributed by atoms with van der Waals surface area (Å²) in [6.07, 6.45) is 0. The molecule has 0 aliphatic carbocycles. The summed E-state index contributed by atoms with van der Waals surface area (Å²) in [7, 11) is 0. The second-order valence-corrected chi connectivity index (χ2v) is 5.97. The summed E-state index contributed by atoms with van der Waals surface area (Å²) in [6, 6.07) is 5.99. The molecule has 0 aromatic heterocycles. The standard InChI is InChI=1S/C15H21N3O4/c1-15(2,14(19)17-8-6-16-7-9-17)11-22-13-5-3-4-12(10-13)18(20)21/h3-5,10,16H,6-9,11H2,1-2H3. The second kappa shape index (κ2) is 6.74.